The van der Waals surface area contributed by atoms with Crippen LogP contribution in [0.15, 0.2) is 30.6 Å². The Kier molecular flexibility index (Phi) is 5.86. The number of carboxylic acid groups (broad SMARTS) is 2. The summed E-state index contributed by atoms with van der Waals surface area (Å²) in [5.74, 6) is -1.77. The number of carbonyl (C=O) groups is 2. The van der Waals surface area contributed by atoms with Crippen molar-refractivity contribution in [2.75, 3.05) is 5.32 Å². The van der Waals surface area contributed by atoms with E-state index < -0.39 is 18.0 Å². The molecule has 0 aliphatic rings. The molecule has 2 aromatic rings. The molecule has 0 amide bonds. The van der Waals surface area contributed by atoms with Crippen LogP contribution in [-0.4, -0.2) is 38.2 Å². The molecule has 1 unspecified atom stereocenters. The van der Waals surface area contributed by atoms with Crippen LogP contribution in [0.4, 0.5) is 5.82 Å². The van der Waals surface area contributed by atoms with Crippen molar-refractivity contribution in [2.24, 2.45) is 0 Å². The molecule has 3 N–H and O–H groups in total. The molecule has 7 nitrogen and oxygen atoms in total. The molecular formula is C13H14ClN3O4. The van der Waals surface area contributed by atoms with Gasteiger partial charge < -0.3 is 15.5 Å². The average Bonchev–Trinajstić information content (AvgIpc) is 2.43. The van der Waals surface area contributed by atoms with Crippen molar-refractivity contribution in [2.45, 2.75) is 18.9 Å². The summed E-state index contributed by atoms with van der Waals surface area (Å²) in [6.45, 7) is 0. The fraction of sp³-hybridized carbons (Fsp3) is 0.231. The molecule has 112 valence electrons. The molecular weight excluding hydrogens is 298 g/mol. The maximum atomic E-state index is 11.2. The topological polar surface area (TPSA) is 112 Å². The Hall–Kier alpha value is -2.41. The van der Waals surface area contributed by atoms with Crippen LogP contribution in [-0.2, 0) is 9.59 Å². The highest BCUT2D eigenvalue weighted by Crippen LogP contribution is 2.19. The number of nitrogens with zero attached hydrogens (tertiary/aromatic N) is 2. The van der Waals surface area contributed by atoms with Gasteiger partial charge in [0.25, 0.3) is 0 Å². The van der Waals surface area contributed by atoms with Gasteiger partial charge in [-0.3, -0.25) is 4.79 Å². The van der Waals surface area contributed by atoms with Crippen LogP contribution in [0.25, 0.3) is 10.9 Å². The summed E-state index contributed by atoms with van der Waals surface area (Å²) in [6, 6.07) is 6.16. The van der Waals surface area contributed by atoms with Crippen LogP contribution >= 0.6 is 12.4 Å². The summed E-state index contributed by atoms with van der Waals surface area (Å²) in [4.78, 5) is 29.8. The third kappa shape index (κ3) is 4.28. The quantitative estimate of drug-likeness (QED) is 0.745. The van der Waals surface area contributed by atoms with E-state index in [0.29, 0.717) is 16.7 Å². The Balaban J connectivity index is 0.00000220. The Labute approximate surface area is 126 Å². The number of hydrogen-bond acceptors (Lipinski definition) is 5. The second-order valence-corrected chi connectivity index (χ2v) is 4.21. The van der Waals surface area contributed by atoms with Gasteiger partial charge in [0.15, 0.2) is 0 Å². The molecule has 21 heavy (non-hydrogen) atoms. The van der Waals surface area contributed by atoms with Crippen LogP contribution in [0, 0.1) is 0 Å². The fourth-order valence-electron chi connectivity index (χ4n) is 1.81. The van der Waals surface area contributed by atoms with Crippen molar-refractivity contribution in [1.82, 2.24) is 9.97 Å². The van der Waals surface area contributed by atoms with Gasteiger partial charge in [0.05, 0.1) is 5.52 Å². The van der Waals surface area contributed by atoms with Gasteiger partial charge in [-0.1, -0.05) is 12.1 Å². The lowest BCUT2D eigenvalue weighted by Crippen LogP contribution is -2.30. The highest BCUT2D eigenvalue weighted by Gasteiger charge is 2.19. The van der Waals surface area contributed by atoms with E-state index in [-0.39, 0.29) is 25.2 Å². The largest absolute Gasteiger partial charge is 0.481 e. The minimum Gasteiger partial charge on any atom is -0.481 e. The molecule has 2 rings (SSSR count). The van der Waals surface area contributed by atoms with Crippen molar-refractivity contribution in [3.63, 3.8) is 0 Å². The van der Waals surface area contributed by atoms with Crippen molar-refractivity contribution in [3.8, 4) is 0 Å². The number of halogens is 1. The number of rotatable bonds is 6. The molecule has 1 atom stereocenters. The zero-order valence-electron chi connectivity index (χ0n) is 10.9. The molecule has 0 spiro atoms. The summed E-state index contributed by atoms with van der Waals surface area (Å²) in [7, 11) is 0. The number of nitrogens with one attached hydrogen (secondary N) is 1. The van der Waals surface area contributed by atoms with E-state index in [1.807, 2.05) is 6.07 Å². The van der Waals surface area contributed by atoms with Crippen molar-refractivity contribution in [3.05, 3.63) is 30.6 Å². The van der Waals surface area contributed by atoms with E-state index in [1.54, 1.807) is 18.2 Å². The third-order valence-electron chi connectivity index (χ3n) is 2.80. The molecule has 1 aromatic heterocycles. The number of aliphatic carboxylic acids is 2. The number of anilines is 1. The first-order valence-electron chi connectivity index (χ1n) is 5.99. The molecule has 1 heterocycles. The smallest absolute Gasteiger partial charge is 0.326 e. The number of carboxylic acids is 2. The molecule has 8 heteroatoms. The number of fused-ring (bicyclic) bond motifs is 1. The summed E-state index contributed by atoms with van der Waals surface area (Å²) in [6.07, 6.45) is 1.08. The SMILES string of the molecule is Cl.O=C(O)CCC(Nc1ncnc2ccccc12)C(=O)O. The second-order valence-electron chi connectivity index (χ2n) is 4.21. The van der Waals surface area contributed by atoms with Gasteiger partial charge in [0, 0.05) is 11.8 Å². The molecule has 1 aromatic carbocycles. The summed E-state index contributed by atoms with van der Waals surface area (Å²) < 4.78 is 0. The summed E-state index contributed by atoms with van der Waals surface area (Å²) in [5, 5.41) is 21.2. The van der Waals surface area contributed by atoms with Gasteiger partial charge in [0.1, 0.15) is 18.2 Å². The van der Waals surface area contributed by atoms with E-state index in [1.165, 1.54) is 6.33 Å². The Morgan fingerprint density at radius 3 is 2.57 bits per heavy atom. The van der Waals surface area contributed by atoms with E-state index in [2.05, 4.69) is 15.3 Å². The van der Waals surface area contributed by atoms with Crippen LogP contribution < -0.4 is 5.32 Å². The van der Waals surface area contributed by atoms with E-state index in [4.69, 9.17) is 10.2 Å². The Morgan fingerprint density at radius 1 is 1.19 bits per heavy atom. The molecule has 0 radical (unpaired) electrons. The van der Waals surface area contributed by atoms with Crippen molar-refractivity contribution < 1.29 is 19.8 Å². The highest BCUT2D eigenvalue weighted by atomic mass is 35.5. The molecule has 0 fully saturated rings. The van der Waals surface area contributed by atoms with Crippen LogP contribution in [0.5, 0.6) is 0 Å². The summed E-state index contributed by atoms with van der Waals surface area (Å²) >= 11 is 0. The van der Waals surface area contributed by atoms with Gasteiger partial charge >= 0.3 is 11.9 Å². The monoisotopic (exact) mass is 311 g/mol. The zero-order chi connectivity index (χ0) is 14.5. The lowest BCUT2D eigenvalue weighted by atomic mass is 10.1. The zero-order valence-corrected chi connectivity index (χ0v) is 11.7. The van der Waals surface area contributed by atoms with Gasteiger partial charge in [0.2, 0.25) is 0 Å². The van der Waals surface area contributed by atoms with E-state index >= 15 is 0 Å². The number of benzene rings is 1. The highest BCUT2D eigenvalue weighted by molar-refractivity contribution is 5.90. The first-order valence-corrected chi connectivity index (χ1v) is 5.99. The van der Waals surface area contributed by atoms with Crippen molar-refractivity contribution in [1.29, 1.82) is 0 Å². The maximum Gasteiger partial charge on any atom is 0.326 e. The minimum atomic E-state index is -1.12. The van der Waals surface area contributed by atoms with Gasteiger partial charge in [-0.2, -0.15) is 0 Å². The average molecular weight is 312 g/mol. The molecule has 0 bridgehead atoms. The number of hydrogen-bond donors (Lipinski definition) is 3. The second kappa shape index (κ2) is 7.39. The number of para-hydroxylation sites is 1. The lowest BCUT2D eigenvalue weighted by Gasteiger charge is -2.15. The van der Waals surface area contributed by atoms with Crippen LogP contribution in [0.1, 0.15) is 12.8 Å². The number of aromatic nitrogens is 2. The standard InChI is InChI=1S/C13H13N3O4.ClH/c17-11(18)6-5-10(13(19)20)16-12-8-3-1-2-4-9(8)14-7-15-12;/h1-4,7,10H,5-6H2,(H,17,18)(H,19,20)(H,14,15,16);1H. The first-order chi connectivity index (χ1) is 9.58. The van der Waals surface area contributed by atoms with Crippen molar-refractivity contribution >= 4 is 41.1 Å². The third-order valence-corrected chi connectivity index (χ3v) is 2.80. The fourth-order valence-corrected chi connectivity index (χ4v) is 1.81. The molecule has 0 saturated heterocycles. The lowest BCUT2D eigenvalue weighted by molar-refractivity contribution is -0.139. The molecule has 0 aliphatic heterocycles. The maximum absolute atomic E-state index is 11.2. The normalized spacial score (nSPS) is 11.4. The van der Waals surface area contributed by atoms with E-state index in [0.717, 1.165) is 0 Å². The first kappa shape index (κ1) is 16.6. The van der Waals surface area contributed by atoms with Crippen LogP contribution in [0.2, 0.25) is 0 Å². The molecule has 0 aliphatic carbocycles. The Bertz CT molecular complexity index is 645. The van der Waals surface area contributed by atoms with Gasteiger partial charge in [-0.25, -0.2) is 14.8 Å². The van der Waals surface area contributed by atoms with Gasteiger partial charge in [-0.05, 0) is 18.6 Å². The summed E-state index contributed by atoms with van der Waals surface area (Å²) in [5.41, 5.74) is 0.687. The van der Waals surface area contributed by atoms with Crippen LogP contribution in [0.3, 0.4) is 0 Å². The Morgan fingerprint density at radius 2 is 1.90 bits per heavy atom. The van der Waals surface area contributed by atoms with E-state index in [9.17, 15) is 9.59 Å². The predicted molar refractivity (Wildman–Crippen MR) is 78.7 cm³/mol. The predicted octanol–water partition coefficient (Wildman–Crippen LogP) is 1.78. The minimum absolute atomic E-state index is 0. The van der Waals surface area contributed by atoms with Gasteiger partial charge in [-0.15, -0.1) is 12.4 Å². The molecule has 0 saturated carbocycles.